The van der Waals surface area contributed by atoms with E-state index in [0.717, 1.165) is 45.5 Å². The number of benzene rings is 2. The molecule has 168 valence electrons. The molecule has 2 aromatic carbocycles. The maximum atomic E-state index is 11.8. The van der Waals surface area contributed by atoms with Crippen LogP contribution in [0.3, 0.4) is 0 Å². The predicted octanol–water partition coefficient (Wildman–Crippen LogP) is 5.48. The Hall–Kier alpha value is -2.17. The fourth-order valence-corrected chi connectivity index (χ4v) is 4.50. The highest BCUT2D eigenvalue weighted by Gasteiger charge is 2.27. The third-order valence-electron chi connectivity index (χ3n) is 6.26. The number of hydrogen-bond donors (Lipinski definition) is 0. The maximum Gasteiger partial charge on any atom is 0.306 e. The number of hydrogen-bond acceptors (Lipinski definition) is 4. The SMILES string of the molecule is CCOC(=O)C[C@@H]1CCN(CCCCOC(c2ccccc2)c2ccccc2)C[C@H]1C. The Morgan fingerprint density at radius 3 is 2.26 bits per heavy atom. The molecule has 0 aromatic heterocycles. The molecule has 0 radical (unpaired) electrons. The lowest BCUT2D eigenvalue weighted by Crippen LogP contribution is -2.40. The van der Waals surface area contributed by atoms with Gasteiger partial charge in [-0.1, -0.05) is 67.6 Å². The number of carbonyl (C=O) groups excluding carboxylic acids is 1. The first kappa shape index (κ1) is 23.5. The molecule has 2 aromatic rings. The summed E-state index contributed by atoms with van der Waals surface area (Å²) in [5, 5.41) is 0. The van der Waals surface area contributed by atoms with E-state index in [-0.39, 0.29) is 12.1 Å². The fraction of sp³-hybridized carbons (Fsp3) is 0.519. The number of esters is 1. The molecular formula is C27H37NO3. The molecular weight excluding hydrogens is 386 g/mol. The molecule has 1 aliphatic rings. The van der Waals surface area contributed by atoms with Crippen LogP contribution in [0.2, 0.25) is 0 Å². The minimum Gasteiger partial charge on any atom is -0.466 e. The van der Waals surface area contributed by atoms with Crippen molar-refractivity contribution >= 4 is 5.97 Å². The minimum atomic E-state index is -0.0451. The van der Waals surface area contributed by atoms with Crippen LogP contribution in [0.25, 0.3) is 0 Å². The first-order valence-corrected chi connectivity index (χ1v) is 11.8. The number of nitrogens with zero attached hydrogens (tertiary/aromatic N) is 1. The highest BCUT2D eigenvalue weighted by molar-refractivity contribution is 5.69. The summed E-state index contributed by atoms with van der Waals surface area (Å²) in [5.74, 6) is 0.947. The molecule has 0 bridgehead atoms. The largest absolute Gasteiger partial charge is 0.466 e. The van der Waals surface area contributed by atoms with E-state index in [0.29, 0.717) is 24.9 Å². The van der Waals surface area contributed by atoms with Gasteiger partial charge in [-0.05, 0) is 62.2 Å². The quantitative estimate of drug-likeness (QED) is 0.354. The summed E-state index contributed by atoms with van der Waals surface area (Å²) in [6.45, 7) is 8.61. The van der Waals surface area contributed by atoms with Gasteiger partial charge in [-0.2, -0.15) is 0 Å². The van der Waals surface area contributed by atoms with Crippen LogP contribution in [-0.4, -0.2) is 43.7 Å². The van der Waals surface area contributed by atoms with E-state index < -0.39 is 0 Å². The van der Waals surface area contributed by atoms with Crippen LogP contribution in [0.5, 0.6) is 0 Å². The molecule has 31 heavy (non-hydrogen) atoms. The zero-order chi connectivity index (χ0) is 21.9. The third-order valence-corrected chi connectivity index (χ3v) is 6.26. The molecule has 0 saturated carbocycles. The van der Waals surface area contributed by atoms with Crippen LogP contribution in [-0.2, 0) is 14.3 Å². The van der Waals surface area contributed by atoms with Gasteiger partial charge in [-0.3, -0.25) is 4.79 Å². The molecule has 1 aliphatic heterocycles. The molecule has 0 unspecified atom stereocenters. The lowest BCUT2D eigenvalue weighted by molar-refractivity contribution is -0.145. The van der Waals surface area contributed by atoms with Crippen LogP contribution >= 0.6 is 0 Å². The van der Waals surface area contributed by atoms with E-state index in [4.69, 9.17) is 9.47 Å². The minimum absolute atomic E-state index is 0.0129. The summed E-state index contributed by atoms with van der Waals surface area (Å²) in [6, 6.07) is 20.9. The first-order chi connectivity index (χ1) is 15.2. The smallest absolute Gasteiger partial charge is 0.306 e. The second kappa shape index (κ2) is 12.6. The topological polar surface area (TPSA) is 38.8 Å². The molecule has 4 nitrogen and oxygen atoms in total. The molecule has 0 amide bonds. The van der Waals surface area contributed by atoms with Gasteiger partial charge >= 0.3 is 5.97 Å². The van der Waals surface area contributed by atoms with Gasteiger partial charge in [0, 0.05) is 19.6 Å². The lowest BCUT2D eigenvalue weighted by Gasteiger charge is -2.36. The number of carbonyl (C=O) groups is 1. The Labute approximate surface area is 187 Å². The van der Waals surface area contributed by atoms with Gasteiger partial charge in [0.2, 0.25) is 0 Å². The van der Waals surface area contributed by atoms with Crippen molar-refractivity contribution in [2.75, 3.05) is 32.8 Å². The number of rotatable bonds is 11. The summed E-state index contributed by atoms with van der Waals surface area (Å²) < 4.78 is 11.5. The van der Waals surface area contributed by atoms with E-state index in [1.165, 1.54) is 11.1 Å². The van der Waals surface area contributed by atoms with Crippen molar-refractivity contribution in [2.45, 2.75) is 45.6 Å². The molecule has 2 atom stereocenters. The van der Waals surface area contributed by atoms with Gasteiger partial charge in [-0.15, -0.1) is 0 Å². The summed E-state index contributed by atoms with van der Waals surface area (Å²) in [4.78, 5) is 14.3. The molecule has 0 aliphatic carbocycles. The van der Waals surface area contributed by atoms with E-state index in [2.05, 4.69) is 60.4 Å². The van der Waals surface area contributed by atoms with Crippen LogP contribution in [0, 0.1) is 11.8 Å². The number of likely N-dealkylation sites (tertiary alicyclic amines) is 1. The van der Waals surface area contributed by atoms with Crippen molar-refractivity contribution in [3.63, 3.8) is 0 Å². The van der Waals surface area contributed by atoms with Gasteiger partial charge in [0.15, 0.2) is 0 Å². The predicted molar refractivity (Wildman–Crippen MR) is 125 cm³/mol. The van der Waals surface area contributed by atoms with Gasteiger partial charge in [-0.25, -0.2) is 0 Å². The zero-order valence-electron chi connectivity index (χ0n) is 19.0. The second-order valence-corrected chi connectivity index (χ2v) is 8.62. The van der Waals surface area contributed by atoms with E-state index in [1.54, 1.807) is 0 Å². The van der Waals surface area contributed by atoms with Gasteiger partial charge in [0.25, 0.3) is 0 Å². The molecule has 0 N–H and O–H groups in total. The Bertz CT molecular complexity index is 725. The van der Waals surface area contributed by atoms with Crippen LogP contribution < -0.4 is 0 Å². The van der Waals surface area contributed by atoms with Crippen LogP contribution in [0.4, 0.5) is 0 Å². The number of unbranched alkanes of at least 4 members (excludes halogenated alkanes) is 1. The highest BCUT2D eigenvalue weighted by Crippen LogP contribution is 2.28. The van der Waals surface area contributed by atoms with Crippen molar-refractivity contribution in [1.82, 2.24) is 4.90 Å². The monoisotopic (exact) mass is 423 g/mol. The lowest BCUT2D eigenvalue weighted by atomic mass is 9.84. The zero-order valence-corrected chi connectivity index (χ0v) is 19.0. The van der Waals surface area contributed by atoms with Gasteiger partial charge in [0.1, 0.15) is 6.10 Å². The van der Waals surface area contributed by atoms with Crippen LogP contribution in [0.15, 0.2) is 60.7 Å². The van der Waals surface area contributed by atoms with E-state index >= 15 is 0 Å². The summed E-state index contributed by atoms with van der Waals surface area (Å²) >= 11 is 0. The van der Waals surface area contributed by atoms with Gasteiger partial charge in [0.05, 0.1) is 6.61 Å². The van der Waals surface area contributed by atoms with Crippen molar-refractivity contribution in [3.8, 4) is 0 Å². The summed E-state index contributed by atoms with van der Waals surface area (Å²) in [5.41, 5.74) is 2.40. The molecule has 4 heteroatoms. The average molecular weight is 424 g/mol. The summed E-state index contributed by atoms with van der Waals surface area (Å²) in [7, 11) is 0. The normalized spacial score (nSPS) is 19.5. The Kier molecular flexibility index (Phi) is 9.57. The van der Waals surface area contributed by atoms with Gasteiger partial charge < -0.3 is 14.4 Å². The molecule has 0 spiro atoms. The van der Waals surface area contributed by atoms with E-state index in [1.807, 2.05) is 19.1 Å². The number of ether oxygens (including phenoxy) is 2. The fourth-order valence-electron chi connectivity index (χ4n) is 4.50. The Balaban J connectivity index is 1.40. The second-order valence-electron chi connectivity index (χ2n) is 8.62. The summed E-state index contributed by atoms with van der Waals surface area (Å²) in [6.07, 6.45) is 3.82. The van der Waals surface area contributed by atoms with Crippen molar-refractivity contribution in [3.05, 3.63) is 71.8 Å². The Morgan fingerprint density at radius 2 is 1.68 bits per heavy atom. The first-order valence-electron chi connectivity index (χ1n) is 11.8. The Morgan fingerprint density at radius 1 is 1.03 bits per heavy atom. The molecule has 3 rings (SSSR count). The van der Waals surface area contributed by atoms with E-state index in [9.17, 15) is 4.79 Å². The third kappa shape index (κ3) is 7.48. The maximum absolute atomic E-state index is 11.8. The molecule has 1 saturated heterocycles. The standard InChI is InChI=1S/C27H37NO3/c1-3-30-26(29)20-25-16-18-28(21-22(25)2)17-10-11-19-31-27(23-12-6-4-7-13-23)24-14-8-5-9-15-24/h4-9,12-15,22,25,27H,3,10-11,16-21H2,1-2H3/t22-,25+/m1/s1. The molecule has 1 fully saturated rings. The average Bonchev–Trinajstić information content (AvgIpc) is 2.79. The van der Waals surface area contributed by atoms with Crippen molar-refractivity contribution in [1.29, 1.82) is 0 Å². The highest BCUT2D eigenvalue weighted by atomic mass is 16.5. The molecule has 1 heterocycles. The van der Waals surface area contributed by atoms with Crippen molar-refractivity contribution < 1.29 is 14.3 Å². The number of piperidine rings is 1. The van der Waals surface area contributed by atoms with Crippen LogP contribution in [0.1, 0.15) is 56.8 Å². The van der Waals surface area contributed by atoms with Crippen molar-refractivity contribution in [2.24, 2.45) is 11.8 Å².